The first kappa shape index (κ1) is 21.0. The fourth-order valence-corrected chi connectivity index (χ4v) is 6.23. The molecule has 4 rings (SSSR count). The summed E-state index contributed by atoms with van der Waals surface area (Å²) in [6.45, 7) is 16.8. The summed E-state index contributed by atoms with van der Waals surface area (Å²) >= 11 is 0. The molecule has 0 aromatic heterocycles. The van der Waals surface area contributed by atoms with E-state index in [1.165, 1.54) is 39.0 Å². The number of hydrogen-bond donors (Lipinski definition) is 0. The first-order valence-electron chi connectivity index (χ1n) is 11.5. The Hall–Kier alpha value is -0.300. The van der Waals surface area contributed by atoms with Crippen LogP contribution in [0.4, 0.5) is 8.78 Å². The van der Waals surface area contributed by atoms with Crippen molar-refractivity contribution >= 4 is 0 Å². The van der Waals surface area contributed by atoms with Gasteiger partial charge in [-0.2, -0.15) is 0 Å². The van der Waals surface area contributed by atoms with Crippen molar-refractivity contribution in [3.8, 4) is 0 Å². The topological polar surface area (TPSA) is 13.0 Å². The van der Waals surface area contributed by atoms with Crippen molar-refractivity contribution < 1.29 is 8.78 Å². The molecule has 1 aliphatic carbocycles. The van der Waals surface area contributed by atoms with Gasteiger partial charge in [0, 0.05) is 64.4 Å². The molecule has 0 aromatic carbocycles. The van der Waals surface area contributed by atoms with Crippen LogP contribution in [0.25, 0.3) is 0 Å². The number of halogens is 2. The third-order valence-corrected chi connectivity index (χ3v) is 7.71. The molecule has 1 saturated carbocycles. The number of piperazine rings is 1. The van der Waals surface area contributed by atoms with Crippen LogP contribution in [0.2, 0.25) is 0 Å². The summed E-state index contributed by atoms with van der Waals surface area (Å²) in [6, 6.07) is 0.809. The van der Waals surface area contributed by atoms with Crippen molar-refractivity contribution in [2.24, 2.45) is 11.3 Å². The number of likely N-dealkylation sites (tertiary alicyclic amines) is 2. The number of rotatable bonds is 5. The lowest BCUT2D eigenvalue weighted by Crippen LogP contribution is -2.72. The number of hydrogen-bond acceptors (Lipinski definition) is 4. The zero-order valence-corrected chi connectivity index (χ0v) is 18.3. The van der Waals surface area contributed by atoms with Crippen molar-refractivity contribution in [3.05, 3.63) is 0 Å². The monoisotopic (exact) mass is 398 g/mol. The molecule has 4 nitrogen and oxygen atoms in total. The zero-order chi connectivity index (χ0) is 20.1. The van der Waals surface area contributed by atoms with Crippen molar-refractivity contribution in [1.29, 1.82) is 0 Å². The standard InChI is InChI=1S/C22H40F2N4/c1-17(2)13-25-6-5-20(22(23,24)16-25)28-14-21(15-28)11-19(12-21)27-9-7-26(8-10-27)18(3)4/h17-20H,5-16H2,1-4H3. The van der Waals surface area contributed by atoms with Gasteiger partial charge >= 0.3 is 0 Å². The van der Waals surface area contributed by atoms with Gasteiger partial charge in [0.05, 0.1) is 12.6 Å². The quantitative estimate of drug-likeness (QED) is 0.706. The van der Waals surface area contributed by atoms with E-state index in [0.29, 0.717) is 29.8 Å². The average Bonchev–Trinajstić information content (AvgIpc) is 2.53. The minimum absolute atomic E-state index is 0.0535. The fourth-order valence-electron chi connectivity index (χ4n) is 6.23. The highest BCUT2D eigenvalue weighted by Crippen LogP contribution is 2.52. The molecule has 4 aliphatic rings. The Morgan fingerprint density at radius 3 is 2.04 bits per heavy atom. The van der Waals surface area contributed by atoms with E-state index in [-0.39, 0.29) is 6.54 Å². The van der Waals surface area contributed by atoms with E-state index in [2.05, 4.69) is 42.4 Å². The molecule has 28 heavy (non-hydrogen) atoms. The van der Waals surface area contributed by atoms with Gasteiger partial charge in [-0.15, -0.1) is 0 Å². The predicted molar refractivity (Wildman–Crippen MR) is 110 cm³/mol. The Bertz CT molecular complexity index is 531. The third kappa shape index (κ3) is 4.12. The van der Waals surface area contributed by atoms with Crippen molar-refractivity contribution in [1.82, 2.24) is 19.6 Å². The van der Waals surface area contributed by atoms with Gasteiger partial charge < -0.3 is 0 Å². The maximum absolute atomic E-state index is 14.8. The molecule has 0 radical (unpaired) electrons. The molecule has 1 spiro atoms. The van der Waals surface area contributed by atoms with Crippen LogP contribution in [0.5, 0.6) is 0 Å². The van der Waals surface area contributed by atoms with E-state index in [1.807, 2.05) is 4.90 Å². The first-order chi connectivity index (χ1) is 13.2. The lowest BCUT2D eigenvalue weighted by molar-refractivity contribution is -0.194. The van der Waals surface area contributed by atoms with Crippen LogP contribution in [0, 0.1) is 11.3 Å². The minimum Gasteiger partial charge on any atom is -0.298 e. The molecule has 4 fully saturated rings. The SMILES string of the molecule is CC(C)CN1CCC(N2CC3(CC(N4CCN(C(C)C)CC4)C3)C2)C(F)(F)C1. The molecular weight excluding hydrogens is 358 g/mol. The molecule has 0 bridgehead atoms. The van der Waals surface area contributed by atoms with Crippen molar-refractivity contribution in [2.45, 2.75) is 71.0 Å². The summed E-state index contributed by atoms with van der Waals surface area (Å²) in [4.78, 5) is 9.29. The Morgan fingerprint density at radius 1 is 0.857 bits per heavy atom. The van der Waals surface area contributed by atoms with Crippen molar-refractivity contribution in [3.63, 3.8) is 0 Å². The summed E-state index contributed by atoms with van der Waals surface area (Å²) in [5, 5.41) is 0. The van der Waals surface area contributed by atoms with E-state index in [1.54, 1.807) is 0 Å². The van der Waals surface area contributed by atoms with Crippen LogP contribution < -0.4 is 0 Å². The molecule has 6 heteroatoms. The van der Waals surface area contributed by atoms with Gasteiger partial charge in [-0.1, -0.05) is 13.8 Å². The fraction of sp³-hybridized carbons (Fsp3) is 1.00. The molecule has 3 heterocycles. The van der Waals surface area contributed by atoms with Crippen LogP contribution in [0.15, 0.2) is 0 Å². The van der Waals surface area contributed by atoms with Crippen LogP contribution >= 0.6 is 0 Å². The van der Waals surface area contributed by atoms with Gasteiger partial charge in [0.2, 0.25) is 0 Å². The highest BCUT2D eigenvalue weighted by atomic mass is 19.3. The number of piperidine rings is 1. The van der Waals surface area contributed by atoms with Crippen LogP contribution in [-0.4, -0.2) is 103 Å². The third-order valence-electron chi connectivity index (χ3n) is 7.71. The largest absolute Gasteiger partial charge is 0.298 e. The van der Waals surface area contributed by atoms with Gasteiger partial charge in [-0.3, -0.25) is 19.6 Å². The second-order valence-corrected chi connectivity index (χ2v) is 10.8. The molecule has 3 saturated heterocycles. The average molecular weight is 399 g/mol. The van der Waals surface area contributed by atoms with Crippen LogP contribution in [0.3, 0.4) is 0 Å². The van der Waals surface area contributed by atoms with Gasteiger partial charge in [-0.25, -0.2) is 8.78 Å². The summed E-state index contributed by atoms with van der Waals surface area (Å²) in [6.07, 6.45) is 3.07. The molecule has 3 aliphatic heterocycles. The smallest absolute Gasteiger partial charge is 0.275 e. The molecule has 1 unspecified atom stereocenters. The Labute approximate surface area is 170 Å². The molecule has 0 aromatic rings. The lowest BCUT2D eigenvalue weighted by Gasteiger charge is -2.64. The second kappa shape index (κ2) is 7.75. The summed E-state index contributed by atoms with van der Waals surface area (Å²) in [7, 11) is 0. The molecule has 0 N–H and O–H groups in total. The maximum atomic E-state index is 14.8. The highest BCUT2D eigenvalue weighted by molar-refractivity contribution is 5.11. The van der Waals surface area contributed by atoms with Crippen molar-refractivity contribution in [2.75, 3.05) is 58.9 Å². The molecular formula is C22H40F2N4. The highest BCUT2D eigenvalue weighted by Gasteiger charge is 2.59. The zero-order valence-electron chi connectivity index (χ0n) is 18.3. The number of alkyl halides is 2. The maximum Gasteiger partial charge on any atom is 0.275 e. The molecule has 162 valence electrons. The summed E-state index contributed by atoms with van der Waals surface area (Å²) < 4.78 is 29.6. The van der Waals surface area contributed by atoms with Crippen LogP contribution in [-0.2, 0) is 0 Å². The van der Waals surface area contributed by atoms with Gasteiger partial charge in [0.25, 0.3) is 5.92 Å². The normalized spacial score (nSPS) is 32.8. The predicted octanol–water partition coefficient (Wildman–Crippen LogP) is 2.84. The Kier molecular flexibility index (Phi) is 5.80. The number of nitrogens with zero attached hydrogens (tertiary/aromatic N) is 4. The minimum atomic E-state index is -2.56. The first-order valence-corrected chi connectivity index (χ1v) is 11.5. The lowest BCUT2D eigenvalue weighted by atomic mass is 9.59. The Morgan fingerprint density at radius 2 is 1.50 bits per heavy atom. The molecule has 0 amide bonds. The van der Waals surface area contributed by atoms with Gasteiger partial charge in [-0.05, 0) is 44.4 Å². The van der Waals surface area contributed by atoms with E-state index < -0.39 is 12.0 Å². The van der Waals surface area contributed by atoms with E-state index >= 15 is 0 Å². The van der Waals surface area contributed by atoms with Gasteiger partial charge in [0.15, 0.2) is 0 Å². The second-order valence-electron chi connectivity index (χ2n) is 10.8. The van der Waals surface area contributed by atoms with Gasteiger partial charge in [0.1, 0.15) is 0 Å². The summed E-state index contributed by atoms with van der Waals surface area (Å²) in [5.41, 5.74) is 0.352. The van der Waals surface area contributed by atoms with E-state index in [0.717, 1.165) is 26.2 Å². The Balaban J connectivity index is 1.22. The van der Waals surface area contributed by atoms with Crippen LogP contribution in [0.1, 0.15) is 47.0 Å². The molecule has 1 atom stereocenters. The van der Waals surface area contributed by atoms with E-state index in [9.17, 15) is 8.78 Å². The summed E-state index contributed by atoms with van der Waals surface area (Å²) in [5.74, 6) is -2.11. The van der Waals surface area contributed by atoms with E-state index in [4.69, 9.17) is 0 Å².